The third-order valence-electron chi connectivity index (χ3n) is 4.09. The lowest BCUT2D eigenvalue weighted by Crippen LogP contribution is -2.14. The van der Waals surface area contributed by atoms with E-state index in [1.807, 2.05) is 42.6 Å². The monoisotopic (exact) mass is 347 g/mol. The number of H-pyrrole nitrogens is 1. The molecule has 0 saturated carbocycles. The number of aromatic amines is 1. The fourth-order valence-corrected chi connectivity index (χ4v) is 3.73. The number of aromatic nitrogens is 2. The van der Waals surface area contributed by atoms with E-state index in [-0.39, 0.29) is 5.91 Å². The first-order chi connectivity index (χ1) is 12.2. The number of fused-ring (bicyclic) bond motifs is 1. The Labute approximate surface area is 149 Å². The largest absolute Gasteiger partial charge is 0.341 e. The number of carbonyl (C=O) groups is 1. The number of thiophene rings is 1. The number of amides is 1. The fraction of sp³-hybridized carbons (Fsp3) is 0.100. The summed E-state index contributed by atoms with van der Waals surface area (Å²) in [5, 5.41) is 7.25. The van der Waals surface area contributed by atoms with Gasteiger partial charge in [-0.15, -0.1) is 11.3 Å². The number of nitrogens with zero attached hydrogens (tertiary/aromatic N) is 1. The molecule has 2 aromatic heterocycles. The maximum atomic E-state index is 12.6. The SMILES string of the molecule is Cc1cnc(-c2sccc2NC(=O)Cc2cccc3ccccc23)[nH]1. The lowest BCUT2D eigenvalue weighted by molar-refractivity contribution is -0.115. The zero-order valence-corrected chi connectivity index (χ0v) is 14.6. The molecule has 0 atom stereocenters. The lowest BCUT2D eigenvalue weighted by Gasteiger charge is -2.08. The predicted octanol–water partition coefficient (Wildman–Crippen LogP) is 4.78. The number of anilines is 1. The Morgan fingerprint density at radius 2 is 2.00 bits per heavy atom. The van der Waals surface area contributed by atoms with Gasteiger partial charge in [0.15, 0.2) is 0 Å². The van der Waals surface area contributed by atoms with E-state index in [4.69, 9.17) is 0 Å². The molecule has 124 valence electrons. The molecule has 4 aromatic rings. The van der Waals surface area contributed by atoms with Gasteiger partial charge in [0.2, 0.25) is 5.91 Å². The molecule has 2 heterocycles. The molecule has 0 aliphatic heterocycles. The Hall–Kier alpha value is -2.92. The number of imidazole rings is 1. The molecule has 0 aliphatic rings. The summed E-state index contributed by atoms with van der Waals surface area (Å²) in [4.78, 5) is 21.1. The van der Waals surface area contributed by atoms with E-state index in [1.165, 1.54) is 0 Å². The summed E-state index contributed by atoms with van der Waals surface area (Å²) in [6.07, 6.45) is 2.13. The van der Waals surface area contributed by atoms with Crippen LogP contribution in [0.1, 0.15) is 11.3 Å². The average Bonchev–Trinajstić information content (AvgIpc) is 3.24. The smallest absolute Gasteiger partial charge is 0.228 e. The average molecular weight is 347 g/mol. The van der Waals surface area contributed by atoms with Gasteiger partial charge in [-0.2, -0.15) is 0 Å². The van der Waals surface area contributed by atoms with Crippen LogP contribution in [0.25, 0.3) is 21.5 Å². The van der Waals surface area contributed by atoms with Gasteiger partial charge >= 0.3 is 0 Å². The van der Waals surface area contributed by atoms with Crippen LogP contribution in [0.15, 0.2) is 60.1 Å². The summed E-state index contributed by atoms with van der Waals surface area (Å²) >= 11 is 1.56. The van der Waals surface area contributed by atoms with Crippen molar-refractivity contribution in [2.45, 2.75) is 13.3 Å². The van der Waals surface area contributed by atoms with Gasteiger partial charge in [0.05, 0.1) is 17.0 Å². The molecule has 0 fully saturated rings. The molecule has 0 saturated heterocycles. The minimum atomic E-state index is -0.0284. The Morgan fingerprint density at radius 1 is 1.16 bits per heavy atom. The normalized spacial score (nSPS) is 10.9. The first-order valence-electron chi connectivity index (χ1n) is 8.06. The minimum Gasteiger partial charge on any atom is -0.341 e. The molecular formula is C20H17N3OS. The summed E-state index contributed by atoms with van der Waals surface area (Å²) in [5.74, 6) is 0.757. The molecule has 2 N–H and O–H groups in total. The third kappa shape index (κ3) is 3.19. The van der Waals surface area contributed by atoms with Crippen LogP contribution in [0.2, 0.25) is 0 Å². The molecule has 0 aliphatic carbocycles. The minimum absolute atomic E-state index is 0.0284. The summed E-state index contributed by atoms with van der Waals surface area (Å²) in [7, 11) is 0. The highest BCUT2D eigenvalue weighted by atomic mass is 32.1. The molecule has 2 aromatic carbocycles. The third-order valence-corrected chi connectivity index (χ3v) is 5.01. The maximum Gasteiger partial charge on any atom is 0.228 e. The molecule has 0 spiro atoms. The summed E-state index contributed by atoms with van der Waals surface area (Å²) in [6, 6.07) is 16.1. The van der Waals surface area contributed by atoms with Crippen molar-refractivity contribution in [2.75, 3.05) is 5.32 Å². The highest BCUT2D eigenvalue weighted by Gasteiger charge is 2.13. The van der Waals surface area contributed by atoms with Crippen molar-refractivity contribution in [3.05, 3.63) is 71.4 Å². The first-order valence-corrected chi connectivity index (χ1v) is 8.94. The molecule has 0 unspecified atom stereocenters. The van der Waals surface area contributed by atoms with Crippen LogP contribution in [0.5, 0.6) is 0 Å². The van der Waals surface area contributed by atoms with E-state index < -0.39 is 0 Å². The number of rotatable bonds is 4. The molecule has 5 heteroatoms. The van der Waals surface area contributed by atoms with Crippen LogP contribution in [0.3, 0.4) is 0 Å². The number of nitrogens with one attached hydrogen (secondary N) is 2. The predicted molar refractivity (Wildman–Crippen MR) is 103 cm³/mol. The second-order valence-electron chi connectivity index (χ2n) is 5.94. The van der Waals surface area contributed by atoms with E-state index in [2.05, 4.69) is 33.5 Å². The standard InChI is InChI=1S/C20H17N3OS/c1-13-12-21-20(22-13)19-17(9-10-25-19)23-18(24)11-15-7-4-6-14-5-2-3-8-16(14)15/h2-10,12H,11H2,1H3,(H,21,22)(H,23,24). The molecule has 4 rings (SSSR count). The van der Waals surface area contributed by atoms with E-state index in [0.29, 0.717) is 6.42 Å². The van der Waals surface area contributed by atoms with E-state index in [0.717, 1.165) is 38.4 Å². The van der Waals surface area contributed by atoms with Gasteiger partial charge in [0.25, 0.3) is 0 Å². The van der Waals surface area contributed by atoms with E-state index in [9.17, 15) is 4.79 Å². The van der Waals surface area contributed by atoms with Crippen molar-refractivity contribution in [1.29, 1.82) is 0 Å². The van der Waals surface area contributed by atoms with Crippen molar-refractivity contribution in [3.63, 3.8) is 0 Å². The van der Waals surface area contributed by atoms with Gasteiger partial charge in [0, 0.05) is 11.9 Å². The Balaban J connectivity index is 1.56. The molecule has 0 bridgehead atoms. The summed E-state index contributed by atoms with van der Waals surface area (Å²) in [6.45, 7) is 1.96. The van der Waals surface area contributed by atoms with Crippen LogP contribution < -0.4 is 5.32 Å². The molecular weight excluding hydrogens is 330 g/mol. The van der Waals surface area contributed by atoms with Crippen LogP contribution in [-0.4, -0.2) is 15.9 Å². The lowest BCUT2D eigenvalue weighted by atomic mass is 10.0. The van der Waals surface area contributed by atoms with Crippen molar-refractivity contribution in [2.24, 2.45) is 0 Å². The molecule has 1 amide bonds. The fourth-order valence-electron chi connectivity index (χ4n) is 2.93. The van der Waals surface area contributed by atoms with Crippen molar-refractivity contribution in [1.82, 2.24) is 9.97 Å². The van der Waals surface area contributed by atoms with Crippen molar-refractivity contribution in [3.8, 4) is 10.7 Å². The number of benzene rings is 2. The van der Waals surface area contributed by atoms with Gasteiger partial charge in [-0.05, 0) is 34.7 Å². The molecule has 0 radical (unpaired) electrons. The Kier molecular flexibility index (Phi) is 4.07. The van der Waals surface area contributed by atoms with Gasteiger partial charge in [0.1, 0.15) is 5.82 Å². The number of aryl methyl sites for hydroxylation is 1. The van der Waals surface area contributed by atoms with Crippen LogP contribution in [0.4, 0.5) is 5.69 Å². The number of hydrogen-bond acceptors (Lipinski definition) is 3. The maximum absolute atomic E-state index is 12.6. The zero-order valence-electron chi connectivity index (χ0n) is 13.7. The van der Waals surface area contributed by atoms with Crippen molar-refractivity contribution >= 4 is 33.7 Å². The zero-order chi connectivity index (χ0) is 17.2. The Morgan fingerprint density at radius 3 is 2.84 bits per heavy atom. The van der Waals surface area contributed by atoms with Crippen LogP contribution in [-0.2, 0) is 11.2 Å². The second-order valence-corrected chi connectivity index (χ2v) is 6.86. The van der Waals surface area contributed by atoms with Gasteiger partial charge < -0.3 is 10.3 Å². The summed E-state index contributed by atoms with van der Waals surface area (Å²) < 4.78 is 0. The first kappa shape index (κ1) is 15.6. The van der Waals surface area contributed by atoms with Crippen LogP contribution in [0, 0.1) is 6.92 Å². The Bertz CT molecular complexity index is 1040. The number of hydrogen-bond donors (Lipinski definition) is 2. The topological polar surface area (TPSA) is 57.8 Å². The summed E-state index contributed by atoms with van der Waals surface area (Å²) in [5.41, 5.74) is 2.82. The molecule has 25 heavy (non-hydrogen) atoms. The van der Waals surface area contributed by atoms with Gasteiger partial charge in [-0.25, -0.2) is 4.98 Å². The quantitative estimate of drug-likeness (QED) is 0.558. The highest BCUT2D eigenvalue weighted by molar-refractivity contribution is 7.14. The molecule has 4 nitrogen and oxygen atoms in total. The second kappa shape index (κ2) is 6.53. The van der Waals surface area contributed by atoms with Gasteiger partial charge in [-0.1, -0.05) is 42.5 Å². The van der Waals surface area contributed by atoms with Crippen molar-refractivity contribution < 1.29 is 4.79 Å². The highest BCUT2D eigenvalue weighted by Crippen LogP contribution is 2.31. The number of carbonyl (C=O) groups excluding carboxylic acids is 1. The van der Waals surface area contributed by atoms with Gasteiger partial charge in [-0.3, -0.25) is 4.79 Å². The van der Waals surface area contributed by atoms with E-state index >= 15 is 0 Å². The van der Waals surface area contributed by atoms with E-state index in [1.54, 1.807) is 17.5 Å². The van der Waals surface area contributed by atoms with Crippen LogP contribution >= 0.6 is 11.3 Å².